The quantitative estimate of drug-likeness (QED) is 0.446. The second kappa shape index (κ2) is 5.31. The molecular formula is C11H16BNO4. The van der Waals surface area contributed by atoms with Gasteiger partial charge in [-0.05, 0) is 38.4 Å². The van der Waals surface area contributed by atoms with Crippen molar-refractivity contribution >= 4 is 18.6 Å². The summed E-state index contributed by atoms with van der Waals surface area (Å²) in [6, 6.07) is 6.20. The van der Waals surface area contributed by atoms with Crippen LogP contribution in [0.25, 0.3) is 0 Å². The number of rotatable bonds is 3. The second-order valence-electron chi connectivity index (χ2n) is 4.61. The van der Waals surface area contributed by atoms with Crippen molar-refractivity contribution in [3.63, 3.8) is 0 Å². The summed E-state index contributed by atoms with van der Waals surface area (Å²) in [6.07, 6.45) is 0. The third-order valence-corrected chi connectivity index (χ3v) is 1.96. The van der Waals surface area contributed by atoms with Gasteiger partial charge in [0.15, 0.2) is 0 Å². The lowest BCUT2D eigenvalue weighted by Crippen LogP contribution is -2.36. The lowest BCUT2D eigenvalue weighted by atomic mass is 9.80. The number of carbonyl (C=O) groups excluding carboxylic acids is 1. The Hall–Kier alpha value is -1.37. The van der Waals surface area contributed by atoms with Gasteiger partial charge >= 0.3 is 13.1 Å². The van der Waals surface area contributed by atoms with E-state index < -0.39 is 18.7 Å². The maximum atomic E-state index is 11.7. The summed E-state index contributed by atoms with van der Waals surface area (Å²) in [5.41, 5.74) is 0.350. The van der Waals surface area contributed by atoms with Crippen LogP contribution in [0.2, 0.25) is 0 Å². The average Bonchev–Trinajstić information content (AvgIpc) is 2.26. The van der Waals surface area contributed by atoms with Crippen molar-refractivity contribution in [1.82, 2.24) is 0 Å². The van der Waals surface area contributed by atoms with Crippen molar-refractivity contribution in [2.45, 2.75) is 26.4 Å². The molecule has 0 radical (unpaired) electrons. The van der Waals surface area contributed by atoms with Gasteiger partial charge < -0.3 is 14.5 Å². The molecule has 6 heteroatoms. The van der Waals surface area contributed by atoms with Crippen molar-refractivity contribution < 1.29 is 19.3 Å². The Morgan fingerprint density at radius 1 is 1.29 bits per heavy atom. The van der Waals surface area contributed by atoms with Gasteiger partial charge in [0.05, 0.1) is 5.56 Å². The molecule has 0 aliphatic carbocycles. The first-order valence-corrected chi connectivity index (χ1v) is 5.20. The number of esters is 1. The number of hydrogen-bond acceptors (Lipinski definition) is 5. The zero-order valence-electron chi connectivity index (χ0n) is 10.1. The fraction of sp³-hybridized carbons (Fsp3) is 0.364. The summed E-state index contributed by atoms with van der Waals surface area (Å²) in [5.74, 6) is 4.43. The molecule has 0 aliphatic heterocycles. The third kappa shape index (κ3) is 4.18. The second-order valence-corrected chi connectivity index (χ2v) is 4.61. The van der Waals surface area contributed by atoms with Crippen LogP contribution in [-0.2, 0) is 9.49 Å². The lowest BCUT2D eigenvalue weighted by molar-refractivity contribution is 0.00695. The smallest absolute Gasteiger partial charge is 0.456 e. The van der Waals surface area contributed by atoms with E-state index in [9.17, 15) is 9.82 Å². The Kier molecular flexibility index (Phi) is 4.28. The SMILES string of the molecule is CC(C)(C)OC(=O)c1ccc(B(O)ON)cc1. The Morgan fingerprint density at radius 2 is 1.82 bits per heavy atom. The minimum atomic E-state index is -1.19. The first kappa shape index (κ1) is 13.7. The number of carbonyl (C=O) groups is 1. The fourth-order valence-electron chi connectivity index (χ4n) is 1.20. The highest BCUT2D eigenvalue weighted by Crippen LogP contribution is 2.11. The first-order valence-electron chi connectivity index (χ1n) is 5.20. The van der Waals surface area contributed by atoms with Crippen LogP contribution in [0.3, 0.4) is 0 Å². The van der Waals surface area contributed by atoms with Crippen LogP contribution in [0.4, 0.5) is 0 Å². The van der Waals surface area contributed by atoms with Gasteiger partial charge in [-0.3, -0.25) is 0 Å². The van der Waals surface area contributed by atoms with Crippen molar-refractivity contribution in [3.05, 3.63) is 29.8 Å². The average molecular weight is 237 g/mol. The van der Waals surface area contributed by atoms with Gasteiger partial charge in [-0.25, -0.2) is 10.7 Å². The van der Waals surface area contributed by atoms with E-state index in [1.54, 1.807) is 45.0 Å². The normalized spacial score (nSPS) is 11.1. The number of nitrogens with two attached hydrogens (primary N) is 1. The van der Waals surface area contributed by atoms with Crippen molar-refractivity contribution in [3.8, 4) is 0 Å². The van der Waals surface area contributed by atoms with E-state index in [-0.39, 0.29) is 0 Å². The Labute approximate surface area is 101 Å². The van der Waals surface area contributed by atoms with Gasteiger partial charge in [0.2, 0.25) is 0 Å². The number of ether oxygens (including phenoxy) is 1. The van der Waals surface area contributed by atoms with Crippen molar-refractivity contribution in [2.75, 3.05) is 0 Å². The molecule has 5 nitrogen and oxygen atoms in total. The molecule has 0 atom stereocenters. The first-order chi connectivity index (χ1) is 7.83. The van der Waals surface area contributed by atoms with Crippen LogP contribution >= 0.6 is 0 Å². The highest BCUT2D eigenvalue weighted by atomic mass is 16.6. The van der Waals surface area contributed by atoms with Crippen LogP contribution in [0.5, 0.6) is 0 Å². The highest BCUT2D eigenvalue weighted by molar-refractivity contribution is 6.59. The molecule has 0 saturated carbocycles. The molecular weight excluding hydrogens is 221 g/mol. The molecule has 17 heavy (non-hydrogen) atoms. The molecule has 0 saturated heterocycles. The largest absolute Gasteiger partial charge is 0.508 e. The lowest BCUT2D eigenvalue weighted by Gasteiger charge is -2.19. The van der Waals surface area contributed by atoms with E-state index >= 15 is 0 Å². The van der Waals surface area contributed by atoms with E-state index in [1.807, 2.05) is 0 Å². The fourth-order valence-corrected chi connectivity index (χ4v) is 1.20. The van der Waals surface area contributed by atoms with Gasteiger partial charge in [0, 0.05) is 0 Å². The molecule has 0 bridgehead atoms. The zero-order chi connectivity index (χ0) is 13.1. The van der Waals surface area contributed by atoms with Crippen LogP contribution in [0.1, 0.15) is 31.1 Å². The molecule has 1 rings (SSSR count). The molecule has 92 valence electrons. The van der Waals surface area contributed by atoms with Crippen LogP contribution in [-0.4, -0.2) is 23.7 Å². The van der Waals surface area contributed by atoms with Gasteiger partial charge in [-0.2, -0.15) is 0 Å². The molecule has 0 aromatic heterocycles. The maximum absolute atomic E-state index is 11.7. The number of benzene rings is 1. The zero-order valence-corrected chi connectivity index (χ0v) is 10.1. The molecule has 0 fully saturated rings. The van der Waals surface area contributed by atoms with E-state index in [1.165, 1.54) is 0 Å². The van der Waals surface area contributed by atoms with Crippen molar-refractivity contribution in [2.24, 2.45) is 5.90 Å². The monoisotopic (exact) mass is 237 g/mol. The van der Waals surface area contributed by atoms with Gasteiger partial charge in [-0.1, -0.05) is 12.1 Å². The molecule has 0 heterocycles. The van der Waals surface area contributed by atoms with Crippen molar-refractivity contribution in [1.29, 1.82) is 0 Å². The number of hydrogen-bond donors (Lipinski definition) is 2. The Bertz CT molecular complexity index is 385. The standard InChI is InChI=1S/C11H16BNO4/c1-11(2,3)16-10(14)8-4-6-9(7-5-8)12(15)17-13/h4-7,15H,13H2,1-3H3. The highest BCUT2D eigenvalue weighted by Gasteiger charge is 2.19. The van der Waals surface area contributed by atoms with E-state index in [0.717, 1.165) is 0 Å². The van der Waals surface area contributed by atoms with E-state index in [0.29, 0.717) is 11.0 Å². The predicted molar refractivity (Wildman–Crippen MR) is 64.5 cm³/mol. The summed E-state index contributed by atoms with van der Waals surface area (Å²) in [6.45, 7) is 5.39. The Morgan fingerprint density at radius 3 is 2.24 bits per heavy atom. The van der Waals surface area contributed by atoms with Gasteiger partial charge in [0.1, 0.15) is 5.60 Å². The minimum absolute atomic E-state index is 0.410. The molecule has 1 aromatic carbocycles. The van der Waals surface area contributed by atoms with E-state index in [2.05, 4.69) is 4.76 Å². The minimum Gasteiger partial charge on any atom is -0.456 e. The molecule has 0 unspecified atom stereocenters. The van der Waals surface area contributed by atoms with Crippen LogP contribution in [0.15, 0.2) is 24.3 Å². The van der Waals surface area contributed by atoms with Crippen LogP contribution < -0.4 is 11.4 Å². The van der Waals surface area contributed by atoms with E-state index in [4.69, 9.17) is 10.6 Å². The predicted octanol–water partition coefficient (Wildman–Crippen LogP) is 0.220. The summed E-state index contributed by atoms with van der Waals surface area (Å²) in [4.78, 5) is 11.7. The topological polar surface area (TPSA) is 81.8 Å². The maximum Gasteiger partial charge on any atom is 0.508 e. The third-order valence-electron chi connectivity index (χ3n) is 1.96. The molecule has 3 N–H and O–H groups in total. The summed E-state index contributed by atoms with van der Waals surface area (Å²) < 4.78 is 9.45. The van der Waals surface area contributed by atoms with Gasteiger partial charge in [-0.15, -0.1) is 0 Å². The summed E-state index contributed by atoms with van der Waals surface area (Å²) >= 11 is 0. The summed E-state index contributed by atoms with van der Waals surface area (Å²) in [7, 11) is -1.19. The Balaban J connectivity index is 2.77. The molecule has 0 amide bonds. The van der Waals surface area contributed by atoms with Crippen LogP contribution in [0, 0.1) is 0 Å². The molecule has 1 aromatic rings. The van der Waals surface area contributed by atoms with Gasteiger partial charge in [0.25, 0.3) is 0 Å². The molecule has 0 spiro atoms. The summed E-state index contributed by atoms with van der Waals surface area (Å²) in [5, 5.41) is 9.28. The molecule has 0 aliphatic rings.